The van der Waals surface area contributed by atoms with Gasteiger partial charge >= 0.3 is 0 Å². The number of nitrogens with two attached hydrogens (primary N) is 1. The Morgan fingerprint density at radius 2 is 1.70 bits per heavy atom. The first-order valence-corrected chi connectivity index (χ1v) is 12.7. The van der Waals surface area contributed by atoms with Gasteiger partial charge < -0.3 is 10.6 Å². The van der Waals surface area contributed by atoms with E-state index in [1.165, 1.54) is 23.1 Å². The monoisotopic (exact) mass is 602 g/mol. The number of hydrogen-bond acceptors (Lipinski definition) is 4. The number of carbonyl (C=O) groups is 2. The van der Waals surface area contributed by atoms with E-state index in [0.717, 1.165) is 6.26 Å². The SMILES string of the molecule is CC(C)(CS(C)(=O)=O)N(C(=O)c1cccc(I)c1C(N)=O)c1ccc(Cl)c(Cl)c1Cl. The van der Waals surface area contributed by atoms with Gasteiger partial charge in [-0.05, 0) is 60.7 Å². The first-order valence-electron chi connectivity index (χ1n) is 8.41. The molecule has 162 valence electrons. The summed E-state index contributed by atoms with van der Waals surface area (Å²) in [5.41, 5.74) is 4.43. The van der Waals surface area contributed by atoms with E-state index in [1.54, 1.807) is 26.0 Å². The maximum Gasteiger partial charge on any atom is 0.259 e. The van der Waals surface area contributed by atoms with Crippen LogP contribution in [0.2, 0.25) is 15.1 Å². The number of primary amides is 1. The molecule has 0 saturated heterocycles. The average Bonchev–Trinajstić information content (AvgIpc) is 2.59. The van der Waals surface area contributed by atoms with Crippen molar-refractivity contribution >= 4 is 84.7 Å². The summed E-state index contributed by atoms with van der Waals surface area (Å²) < 4.78 is 24.6. The van der Waals surface area contributed by atoms with Gasteiger partial charge in [0.05, 0.1) is 43.2 Å². The summed E-state index contributed by atoms with van der Waals surface area (Å²) >= 11 is 20.5. The highest BCUT2D eigenvalue weighted by Gasteiger charge is 2.38. The second-order valence-electron chi connectivity index (χ2n) is 7.24. The Labute approximate surface area is 203 Å². The highest BCUT2D eigenvalue weighted by atomic mass is 127. The molecule has 11 heteroatoms. The van der Waals surface area contributed by atoms with Crippen LogP contribution < -0.4 is 10.6 Å². The van der Waals surface area contributed by atoms with Gasteiger partial charge in [-0.1, -0.05) is 40.9 Å². The zero-order chi connectivity index (χ0) is 23.0. The van der Waals surface area contributed by atoms with Crippen LogP contribution in [0, 0.1) is 3.57 Å². The Kier molecular flexibility index (Phi) is 7.72. The highest BCUT2D eigenvalue weighted by Crippen LogP contribution is 2.41. The Morgan fingerprint density at radius 3 is 2.23 bits per heavy atom. The lowest BCUT2D eigenvalue weighted by molar-refractivity contribution is 0.0945. The molecule has 6 nitrogen and oxygen atoms in total. The Balaban J connectivity index is 2.82. The molecule has 2 rings (SSSR count). The molecule has 0 fully saturated rings. The molecular weight excluding hydrogens is 586 g/mol. The van der Waals surface area contributed by atoms with E-state index in [2.05, 4.69) is 0 Å². The molecule has 0 bridgehead atoms. The summed E-state index contributed by atoms with van der Waals surface area (Å²) in [6.07, 6.45) is 1.06. The van der Waals surface area contributed by atoms with Gasteiger partial charge in [0, 0.05) is 9.83 Å². The predicted molar refractivity (Wildman–Crippen MR) is 130 cm³/mol. The third-order valence-corrected chi connectivity index (χ3v) is 7.58. The first-order chi connectivity index (χ1) is 13.7. The smallest absolute Gasteiger partial charge is 0.259 e. The Hall–Kier alpha value is -1.07. The fourth-order valence-electron chi connectivity index (χ4n) is 3.18. The lowest BCUT2D eigenvalue weighted by atomic mass is 9.99. The molecule has 0 radical (unpaired) electrons. The fraction of sp³-hybridized carbons (Fsp3) is 0.263. The molecule has 2 aromatic rings. The Bertz CT molecular complexity index is 1140. The van der Waals surface area contributed by atoms with E-state index in [0.29, 0.717) is 3.57 Å². The number of anilines is 1. The lowest BCUT2D eigenvalue weighted by Crippen LogP contribution is -2.52. The van der Waals surface area contributed by atoms with E-state index in [9.17, 15) is 18.0 Å². The van der Waals surface area contributed by atoms with Gasteiger partial charge in [0.1, 0.15) is 9.84 Å². The summed E-state index contributed by atoms with van der Waals surface area (Å²) in [5, 5.41) is 0.165. The van der Waals surface area contributed by atoms with E-state index >= 15 is 0 Å². The summed E-state index contributed by atoms with van der Waals surface area (Å²) in [7, 11) is -3.51. The number of halogens is 4. The largest absolute Gasteiger partial charge is 0.366 e. The van der Waals surface area contributed by atoms with Gasteiger partial charge in [-0.15, -0.1) is 0 Å². The van der Waals surface area contributed by atoms with Gasteiger partial charge in [0.15, 0.2) is 0 Å². The minimum atomic E-state index is -3.51. The molecule has 0 heterocycles. The van der Waals surface area contributed by atoms with Crippen molar-refractivity contribution in [3.05, 3.63) is 60.1 Å². The van der Waals surface area contributed by atoms with Crippen molar-refractivity contribution in [3.8, 4) is 0 Å². The third-order valence-electron chi connectivity index (χ3n) is 4.17. The van der Waals surface area contributed by atoms with Crippen LogP contribution in [-0.2, 0) is 9.84 Å². The van der Waals surface area contributed by atoms with E-state index in [1.807, 2.05) is 22.6 Å². The van der Waals surface area contributed by atoms with E-state index in [-0.39, 0.29) is 37.6 Å². The predicted octanol–water partition coefficient (Wildman–Crippen LogP) is 4.82. The zero-order valence-corrected chi connectivity index (χ0v) is 21.4. The van der Waals surface area contributed by atoms with Crippen LogP contribution in [-0.4, -0.2) is 37.8 Å². The lowest BCUT2D eigenvalue weighted by Gasteiger charge is -2.39. The number of amides is 2. The van der Waals surface area contributed by atoms with E-state index < -0.39 is 27.2 Å². The molecule has 0 aliphatic heterocycles. The summed E-state index contributed by atoms with van der Waals surface area (Å²) in [4.78, 5) is 26.9. The molecule has 2 N–H and O–H groups in total. The molecule has 0 aliphatic rings. The van der Waals surface area contributed by atoms with Gasteiger partial charge in [0.25, 0.3) is 11.8 Å². The molecule has 2 amide bonds. The highest BCUT2D eigenvalue weighted by molar-refractivity contribution is 14.1. The summed E-state index contributed by atoms with van der Waals surface area (Å²) in [6, 6.07) is 7.59. The van der Waals surface area contributed by atoms with Crippen LogP contribution in [0.4, 0.5) is 5.69 Å². The van der Waals surface area contributed by atoms with Crippen LogP contribution in [0.25, 0.3) is 0 Å². The topological polar surface area (TPSA) is 97.5 Å². The van der Waals surface area contributed by atoms with Crippen LogP contribution >= 0.6 is 57.4 Å². The number of hydrogen-bond donors (Lipinski definition) is 1. The van der Waals surface area contributed by atoms with Crippen molar-refractivity contribution in [1.82, 2.24) is 0 Å². The molecule has 2 aromatic carbocycles. The number of sulfone groups is 1. The van der Waals surface area contributed by atoms with Gasteiger partial charge in [-0.3, -0.25) is 9.59 Å². The third kappa shape index (κ3) is 5.40. The van der Waals surface area contributed by atoms with Gasteiger partial charge in [0.2, 0.25) is 0 Å². The maximum atomic E-state index is 13.7. The number of nitrogens with zero attached hydrogens (tertiary/aromatic N) is 1. The molecule has 0 aliphatic carbocycles. The quantitative estimate of drug-likeness (QED) is 0.378. The van der Waals surface area contributed by atoms with Crippen LogP contribution in [0.1, 0.15) is 34.6 Å². The molecule has 0 spiro atoms. The summed E-state index contributed by atoms with van der Waals surface area (Å²) in [5.74, 6) is -1.82. The standard InChI is InChI=1S/C19H18Cl3IN2O4S/c1-19(2,9-30(3,28)29)25(13-8-7-11(20)15(21)16(13)22)18(27)10-5-4-6-12(23)14(10)17(24)26/h4-8H,9H2,1-3H3,(H2,24,26). The zero-order valence-electron chi connectivity index (χ0n) is 16.2. The van der Waals surface area contributed by atoms with Crippen molar-refractivity contribution in [1.29, 1.82) is 0 Å². The van der Waals surface area contributed by atoms with Gasteiger partial charge in [-0.25, -0.2) is 8.42 Å². The second-order valence-corrected chi connectivity index (χ2v) is 11.7. The molecule has 30 heavy (non-hydrogen) atoms. The first kappa shape index (κ1) is 25.2. The molecule has 0 saturated carbocycles. The molecule has 0 aromatic heterocycles. The average molecular weight is 604 g/mol. The van der Waals surface area contributed by atoms with Crippen molar-refractivity contribution in [2.24, 2.45) is 5.73 Å². The van der Waals surface area contributed by atoms with Gasteiger partial charge in [-0.2, -0.15) is 0 Å². The van der Waals surface area contributed by atoms with Crippen molar-refractivity contribution in [2.45, 2.75) is 19.4 Å². The minimum Gasteiger partial charge on any atom is -0.366 e. The normalized spacial score (nSPS) is 12.0. The van der Waals surface area contributed by atoms with Crippen LogP contribution in [0.3, 0.4) is 0 Å². The maximum absolute atomic E-state index is 13.7. The van der Waals surface area contributed by atoms with Crippen molar-refractivity contribution in [3.63, 3.8) is 0 Å². The summed E-state index contributed by atoms with van der Waals surface area (Å²) in [6.45, 7) is 3.14. The number of carbonyl (C=O) groups excluding carboxylic acids is 2. The van der Waals surface area contributed by atoms with Crippen LogP contribution in [0.5, 0.6) is 0 Å². The molecule has 0 atom stereocenters. The second kappa shape index (κ2) is 9.20. The van der Waals surface area contributed by atoms with Crippen molar-refractivity contribution in [2.75, 3.05) is 16.9 Å². The minimum absolute atomic E-state index is 0.0121. The number of rotatable bonds is 6. The van der Waals surface area contributed by atoms with Crippen LogP contribution in [0.15, 0.2) is 30.3 Å². The van der Waals surface area contributed by atoms with Crippen molar-refractivity contribution < 1.29 is 18.0 Å². The Morgan fingerprint density at radius 1 is 1.10 bits per heavy atom. The molecular formula is C19H18Cl3IN2O4S. The molecule has 0 unspecified atom stereocenters. The fourth-order valence-corrected chi connectivity index (χ4v) is 5.97. The number of benzene rings is 2. The van der Waals surface area contributed by atoms with E-state index in [4.69, 9.17) is 40.5 Å².